The third kappa shape index (κ3) is 2.93. The molecule has 0 aromatic rings. The molecule has 3 rings (SSSR count). The van der Waals surface area contributed by atoms with Crippen molar-refractivity contribution in [1.29, 1.82) is 0 Å². The predicted molar refractivity (Wildman–Crippen MR) is 100 cm³/mol. The van der Waals surface area contributed by atoms with Crippen LogP contribution < -0.4 is 0 Å². The maximum absolute atomic E-state index is 13.7. The van der Waals surface area contributed by atoms with Gasteiger partial charge >= 0.3 is 5.97 Å². The smallest absolute Gasteiger partial charge is 0.310 e. The van der Waals surface area contributed by atoms with Crippen LogP contribution in [-0.4, -0.2) is 81.3 Å². The van der Waals surface area contributed by atoms with E-state index in [0.717, 1.165) is 12.8 Å². The zero-order chi connectivity index (χ0) is 20.6. The van der Waals surface area contributed by atoms with Crippen molar-refractivity contribution in [3.8, 4) is 0 Å². The second kappa shape index (κ2) is 7.83. The van der Waals surface area contributed by atoms with Crippen molar-refractivity contribution in [3.05, 3.63) is 12.7 Å². The van der Waals surface area contributed by atoms with Gasteiger partial charge in [0.15, 0.2) is 0 Å². The number of ether oxygens (including phenoxy) is 1. The summed E-state index contributed by atoms with van der Waals surface area (Å²) in [5.41, 5.74) is -1.12. The van der Waals surface area contributed by atoms with E-state index in [1.54, 1.807) is 11.0 Å². The maximum Gasteiger partial charge on any atom is 0.310 e. The minimum absolute atomic E-state index is 0.0159. The summed E-state index contributed by atoms with van der Waals surface area (Å²) in [5.74, 6) is -3.54. The molecule has 2 bridgehead atoms. The standard InChI is InChI=1S/C20H30N2O6/c1-4-6-12(3)21(9-5-2)18(25)16-20-8-7-13(28-20)14(19(26)27)15(20)17(24)22(16)10-11-23/h5,12-16,23H,2,4,6-11H2,1,3H3,(H,26,27)/t12?,13-,14+,15+,16-,20+/m1/s1. The number of aliphatic hydroxyl groups excluding tert-OH is 1. The Balaban J connectivity index is 2.01. The molecule has 0 aromatic heterocycles. The third-order valence-electron chi connectivity index (χ3n) is 6.51. The number of likely N-dealkylation sites (tertiary alicyclic amines) is 1. The van der Waals surface area contributed by atoms with Gasteiger partial charge in [0.25, 0.3) is 0 Å². The first-order valence-corrected chi connectivity index (χ1v) is 10.1. The Hall–Kier alpha value is -1.93. The van der Waals surface area contributed by atoms with Gasteiger partial charge in [0.2, 0.25) is 11.8 Å². The van der Waals surface area contributed by atoms with Gasteiger partial charge in [0, 0.05) is 19.1 Å². The zero-order valence-corrected chi connectivity index (χ0v) is 16.5. The van der Waals surface area contributed by atoms with Crippen LogP contribution in [0.5, 0.6) is 0 Å². The van der Waals surface area contributed by atoms with E-state index in [2.05, 4.69) is 6.58 Å². The number of carbonyl (C=O) groups excluding carboxylic acids is 2. The third-order valence-corrected chi connectivity index (χ3v) is 6.51. The molecule has 3 aliphatic heterocycles. The van der Waals surface area contributed by atoms with Gasteiger partial charge in [-0.2, -0.15) is 0 Å². The first kappa shape index (κ1) is 20.8. The molecule has 0 aromatic carbocycles. The fraction of sp³-hybridized carbons (Fsp3) is 0.750. The number of hydrogen-bond donors (Lipinski definition) is 2. The number of amides is 2. The first-order chi connectivity index (χ1) is 13.3. The van der Waals surface area contributed by atoms with Crippen molar-refractivity contribution in [1.82, 2.24) is 9.80 Å². The molecule has 156 valence electrons. The molecule has 0 radical (unpaired) electrons. The molecule has 8 nitrogen and oxygen atoms in total. The van der Waals surface area contributed by atoms with E-state index in [1.165, 1.54) is 4.90 Å². The fourth-order valence-electron chi connectivity index (χ4n) is 5.42. The zero-order valence-electron chi connectivity index (χ0n) is 16.5. The lowest BCUT2D eigenvalue weighted by Gasteiger charge is -2.38. The molecule has 2 N–H and O–H groups in total. The highest BCUT2D eigenvalue weighted by Gasteiger charge is 2.74. The Morgan fingerprint density at radius 1 is 1.50 bits per heavy atom. The molecule has 2 amide bonds. The van der Waals surface area contributed by atoms with E-state index in [9.17, 15) is 24.6 Å². The number of aliphatic hydroxyl groups is 1. The quantitative estimate of drug-likeness (QED) is 0.556. The topological polar surface area (TPSA) is 107 Å². The Kier molecular flexibility index (Phi) is 5.82. The largest absolute Gasteiger partial charge is 0.481 e. The van der Waals surface area contributed by atoms with Gasteiger partial charge in [0.05, 0.1) is 24.5 Å². The second-order valence-electron chi connectivity index (χ2n) is 8.07. The molecular weight excluding hydrogens is 364 g/mol. The molecule has 3 fully saturated rings. The SMILES string of the molecule is C=CCN(C(=O)[C@H]1N(CCO)C(=O)[C@@H]2[C@@H](C(=O)O)[C@H]3CC[C@]21O3)C(C)CCC. The number of aliphatic carboxylic acids is 1. The van der Waals surface area contributed by atoms with Crippen molar-refractivity contribution < 1.29 is 29.3 Å². The molecule has 1 unspecified atom stereocenters. The van der Waals surface area contributed by atoms with E-state index >= 15 is 0 Å². The van der Waals surface area contributed by atoms with Gasteiger partial charge in [-0.15, -0.1) is 6.58 Å². The lowest BCUT2D eigenvalue weighted by atomic mass is 9.70. The van der Waals surface area contributed by atoms with Crippen LogP contribution >= 0.6 is 0 Å². The van der Waals surface area contributed by atoms with Gasteiger partial charge in [0.1, 0.15) is 11.6 Å². The summed E-state index contributed by atoms with van der Waals surface area (Å²) in [7, 11) is 0. The first-order valence-electron chi connectivity index (χ1n) is 10.1. The number of carbonyl (C=O) groups is 3. The van der Waals surface area contributed by atoms with Gasteiger partial charge in [-0.25, -0.2) is 0 Å². The Bertz CT molecular complexity index is 667. The van der Waals surface area contributed by atoms with Crippen molar-refractivity contribution in [3.63, 3.8) is 0 Å². The van der Waals surface area contributed by atoms with E-state index < -0.39 is 41.5 Å². The number of carboxylic acid groups (broad SMARTS) is 1. The molecular formula is C20H30N2O6. The van der Waals surface area contributed by atoms with Crippen LogP contribution in [0.15, 0.2) is 12.7 Å². The minimum atomic E-state index is -1.12. The Morgan fingerprint density at radius 2 is 2.21 bits per heavy atom. The summed E-state index contributed by atoms with van der Waals surface area (Å²) in [5, 5.41) is 19.2. The van der Waals surface area contributed by atoms with Crippen LogP contribution in [0.4, 0.5) is 0 Å². The van der Waals surface area contributed by atoms with Gasteiger partial charge in [-0.05, 0) is 26.2 Å². The molecule has 1 spiro atoms. The highest BCUT2D eigenvalue weighted by Crippen LogP contribution is 2.58. The molecule has 0 saturated carbocycles. The maximum atomic E-state index is 13.7. The summed E-state index contributed by atoms with van der Waals surface area (Å²) >= 11 is 0. The number of nitrogens with zero attached hydrogens (tertiary/aromatic N) is 2. The number of fused-ring (bicyclic) bond motifs is 1. The summed E-state index contributed by atoms with van der Waals surface area (Å²) in [4.78, 5) is 41.7. The predicted octanol–water partition coefficient (Wildman–Crippen LogP) is 0.641. The van der Waals surface area contributed by atoms with Crippen LogP contribution in [-0.2, 0) is 19.1 Å². The van der Waals surface area contributed by atoms with Crippen LogP contribution in [0.2, 0.25) is 0 Å². The molecule has 28 heavy (non-hydrogen) atoms. The lowest BCUT2D eigenvalue weighted by Crippen LogP contribution is -2.58. The lowest BCUT2D eigenvalue weighted by molar-refractivity contribution is -0.151. The molecule has 8 heteroatoms. The van der Waals surface area contributed by atoms with Crippen molar-refractivity contribution >= 4 is 17.8 Å². The molecule has 3 saturated heterocycles. The minimum Gasteiger partial charge on any atom is -0.481 e. The fourth-order valence-corrected chi connectivity index (χ4v) is 5.42. The van der Waals surface area contributed by atoms with Crippen molar-refractivity contribution in [2.75, 3.05) is 19.7 Å². The summed E-state index contributed by atoms with van der Waals surface area (Å²) in [6.07, 6.45) is 3.81. The van der Waals surface area contributed by atoms with Crippen molar-refractivity contribution in [2.45, 2.75) is 63.3 Å². The average Bonchev–Trinajstić information content (AvgIpc) is 3.28. The summed E-state index contributed by atoms with van der Waals surface area (Å²) in [6.45, 7) is 7.77. The number of β-amino-alcohol motifs (C(OH)–C–C–N with tert-alkyl or cyclic N) is 1. The van der Waals surface area contributed by atoms with Gasteiger partial charge in [-0.3, -0.25) is 14.4 Å². The number of carboxylic acids is 1. The summed E-state index contributed by atoms with van der Waals surface area (Å²) in [6, 6.07) is -0.961. The van der Waals surface area contributed by atoms with E-state index in [0.29, 0.717) is 19.4 Å². The normalized spacial score (nSPS) is 34.4. The van der Waals surface area contributed by atoms with Crippen LogP contribution in [0.3, 0.4) is 0 Å². The monoisotopic (exact) mass is 394 g/mol. The molecule has 3 heterocycles. The van der Waals surface area contributed by atoms with E-state index in [4.69, 9.17) is 4.74 Å². The molecule has 6 atom stereocenters. The summed E-state index contributed by atoms with van der Waals surface area (Å²) < 4.78 is 6.11. The highest BCUT2D eigenvalue weighted by atomic mass is 16.5. The Labute approximate surface area is 165 Å². The van der Waals surface area contributed by atoms with E-state index in [-0.39, 0.29) is 25.1 Å². The van der Waals surface area contributed by atoms with Gasteiger partial charge < -0.3 is 24.7 Å². The second-order valence-corrected chi connectivity index (χ2v) is 8.07. The highest BCUT2D eigenvalue weighted by molar-refractivity contribution is 5.98. The van der Waals surface area contributed by atoms with Crippen LogP contribution in [0.1, 0.15) is 39.5 Å². The Morgan fingerprint density at radius 3 is 2.79 bits per heavy atom. The molecule has 0 aliphatic carbocycles. The van der Waals surface area contributed by atoms with Crippen LogP contribution in [0.25, 0.3) is 0 Å². The number of rotatable bonds is 9. The average molecular weight is 394 g/mol. The number of hydrogen-bond acceptors (Lipinski definition) is 5. The van der Waals surface area contributed by atoms with Crippen LogP contribution in [0, 0.1) is 11.8 Å². The molecule has 3 aliphatic rings. The van der Waals surface area contributed by atoms with E-state index in [1.807, 2.05) is 13.8 Å². The van der Waals surface area contributed by atoms with Crippen molar-refractivity contribution in [2.24, 2.45) is 11.8 Å². The van der Waals surface area contributed by atoms with Gasteiger partial charge in [-0.1, -0.05) is 19.4 Å².